The maximum Gasteiger partial charge on any atom is 0.171 e. The molecule has 0 aromatic heterocycles. The minimum absolute atomic E-state index is 0.0866. The van der Waals surface area contributed by atoms with Crippen molar-refractivity contribution in [1.82, 2.24) is 14.7 Å². The molecule has 2 aromatic carbocycles. The Morgan fingerprint density at radius 1 is 1.00 bits per heavy atom. The minimum atomic E-state index is -0.356. The molecule has 0 unspecified atom stereocenters. The molecule has 2 aromatic rings. The topological polar surface area (TPSA) is 39.2 Å². The van der Waals surface area contributed by atoms with Gasteiger partial charge in [-0.3, -0.25) is 4.90 Å². The molecule has 0 saturated carbocycles. The molecule has 0 aliphatic carbocycles. The van der Waals surface area contributed by atoms with Crippen LogP contribution in [0.2, 0.25) is 0 Å². The fourth-order valence-electron chi connectivity index (χ4n) is 5.58. The summed E-state index contributed by atoms with van der Waals surface area (Å²) in [6.07, 6.45) is 1.08. The van der Waals surface area contributed by atoms with Crippen molar-refractivity contribution in [2.45, 2.75) is 24.4 Å². The van der Waals surface area contributed by atoms with E-state index >= 15 is 0 Å². The molecule has 142 valence electrons. The van der Waals surface area contributed by atoms with Gasteiger partial charge in [-0.15, -0.1) is 0 Å². The van der Waals surface area contributed by atoms with Crippen molar-refractivity contribution in [3.8, 4) is 11.5 Å². The van der Waals surface area contributed by atoms with E-state index in [1.165, 1.54) is 5.56 Å². The lowest BCUT2D eigenvalue weighted by atomic mass is 9.73. The third kappa shape index (κ3) is 2.29. The molecule has 5 rings (SSSR count). The first kappa shape index (κ1) is 17.0. The highest BCUT2D eigenvalue weighted by Crippen LogP contribution is 2.57. The van der Waals surface area contributed by atoms with E-state index < -0.39 is 0 Å². The van der Waals surface area contributed by atoms with Crippen molar-refractivity contribution in [3.63, 3.8) is 0 Å². The molecule has 1 spiro atoms. The molecule has 3 heterocycles. The van der Waals surface area contributed by atoms with Gasteiger partial charge in [0.05, 0.1) is 6.17 Å². The van der Waals surface area contributed by atoms with Gasteiger partial charge in [0.25, 0.3) is 0 Å². The van der Waals surface area contributed by atoms with E-state index in [-0.39, 0.29) is 23.9 Å². The largest absolute Gasteiger partial charge is 0.508 e. The van der Waals surface area contributed by atoms with Crippen LogP contribution >= 0.6 is 0 Å². The number of hydrogen-bond acceptors (Lipinski definition) is 5. The lowest BCUT2D eigenvalue weighted by Gasteiger charge is -2.64. The van der Waals surface area contributed by atoms with Crippen LogP contribution in [0.25, 0.3) is 0 Å². The maximum absolute atomic E-state index is 10.7. The van der Waals surface area contributed by atoms with Crippen LogP contribution in [0.1, 0.15) is 29.8 Å². The summed E-state index contributed by atoms with van der Waals surface area (Å²) < 4.78 is 6.79. The number of phenolic OH excluding ortho intramolecular Hbond substituents is 1. The number of nitrogens with zero attached hydrogens (tertiary/aromatic N) is 3. The summed E-state index contributed by atoms with van der Waals surface area (Å²) in [5.74, 6) is 1.59. The lowest BCUT2D eigenvalue weighted by Crippen LogP contribution is -2.72. The number of ether oxygens (including phenoxy) is 1. The molecule has 4 atom stereocenters. The van der Waals surface area contributed by atoms with Gasteiger partial charge in [-0.1, -0.05) is 36.4 Å². The summed E-state index contributed by atoms with van der Waals surface area (Å²) >= 11 is 0. The Bertz CT molecular complexity index is 872. The number of para-hydroxylation sites is 2. The predicted molar refractivity (Wildman–Crippen MR) is 105 cm³/mol. The molecule has 2 bridgehead atoms. The standard InChI is InChI=1S/C22H27N3O2/c1-23-13-12-22-17(14-23)20(15-8-4-6-10-18(15)26)24(2)21(25(22)3)16-9-5-7-11-19(16)27-22/h4-11,17,20-21,26H,12-14H2,1-3H3/t17-,20+,21-,22+/m1/s1. The van der Waals surface area contributed by atoms with Crippen LogP contribution in [0.4, 0.5) is 0 Å². The number of fused-ring (bicyclic) bond motifs is 3. The molecule has 5 heteroatoms. The molecule has 0 amide bonds. The van der Waals surface area contributed by atoms with Crippen LogP contribution in [0.15, 0.2) is 48.5 Å². The van der Waals surface area contributed by atoms with Gasteiger partial charge in [0.2, 0.25) is 0 Å². The summed E-state index contributed by atoms with van der Waals surface area (Å²) in [6, 6.07) is 16.3. The molecule has 3 aliphatic rings. The SMILES string of the molecule is CN1CC[C@]23Oc4ccccc4[C@H](N(C)[C@@H](c4ccccc4O)[C@H]2C1)N3C. The second-order valence-electron chi connectivity index (χ2n) is 8.26. The van der Waals surface area contributed by atoms with Crippen molar-refractivity contribution in [1.29, 1.82) is 0 Å². The second kappa shape index (κ2) is 5.96. The Morgan fingerprint density at radius 3 is 2.48 bits per heavy atom. The maximum atomic E-state index is 10.7. The summed E-state index contributed by atoms with van der Waals surface area (Å²) in [4.78, 5) is 7.22. The number of piperidine rings is 1. The summed E-state index contributed by atoms with van der Waals surface area (Å²) in [7, 11) is 6.55. The number of benzene rings is 2. The van der Waals surface area contributed by atoms with Gasteiger partial charge in [-0.05, 0) is 33.3 Å². The van der Waals surface area contributed by atoms with E-state index in [1.54, 1.807) is 6.07 Å². The van der Waals surface area contributed by atoms with Crippen molar-refractivity contribution < 1.29 is 9.84 Å². The fourth-order valence-corrected chi connectivity index (χ4v) is 5.58. The van der Waals surface area contributed by atoms with Crippen LogP contribution in [0, 0.1) is 5.92 Å². The Labute approximate surface area is 160 Å². The number of hydrogen-bond donors (Lipinski definition) is 1. The third-order valence-electron chi connectivity index (χ3n) is 6.85. The van der Waals surface area contributed by atoms with Crippen LogP contribution in [0.5, 0.6) is 11.5 Å². The first-order valence-electron chi connectivity index (χ1n) is 9.72. The fraction of sp³-hybridized carbons (Fsp3) is 0.455. The molecule has 5 nitrogen and oxygen atoms in total. The number of aromatic hydroxyl groups is 1. The van der Waals surface area contributed by atoms with Gasteiger partial charge in [0.1, 0.15) is 11.5 Å². The van der Waals surface area contributed by atoms with E-state index in [0.29, 0.717) is 5.75 Å². The number of rotatable bonds is 1. The van der Waals surface area contributed by atoms with Crippen molar-refractivity contribution in [3.05, 3.63) is 59.7 Å². The van der Waals surface area contributed by atoms with Crippen molar-refractivity contribution in [2.75, 3.05) is 34.2 Å². The number of likely N-dealkylation sites (tertiary alicyclic amines) is 1. The Hall–Kier alpha value is -2.08. The van der Waals surface area contributed by atoms with Gasteiger partial charge in [-0.2, -0.15) is 0 Å². The smallest absolute Gasteiger partial charge is 0.171 e. The average molecular weight is 365 g/mol. The van der Waals surface area contributed by atoms with E-state index in [9.17, 15) is 5.11 Å². The van der Waals surface area contributed by atoms with Crippen molar-refractivity contribution in [2.24, 2.45) is 5.92 Å². The van der Waals surface area contributed by atoms with Crippen LogP contribution in [0.3, 0.4) is 0 Å². The summed E-state index contributed by atoms with van der Waals surface area (Å²) in [5, 5.41) is 10.7. The third-order valence-corrected chi connectivity index (χ3v) is 6.85. The van der Waals surface area contributed by atoms with Crippen LogP contribution in [-0.2, 0) is 0 Å². The molecular formula is C22H27N3O2. The van der Waals surface area contributed by atoms with Crippen LogP contribution in [-0.4, -0.2) is 59.8 Å². The molecule has 1 N–H and O–H groups in total. The Balaban J connectivity index is 1.72. The van der Waals surface area contributed by atoms with E-state index in [0.717, 1.165) is 30.8 Å². The highest BCUT2D eigenvalue weighted by Gasteiger charge is 2.61. The Morgan fingerprint density at radius 2 is 1.70 bits per heavy atom. The van der Waals surface area contributed by atoms with Crippen LogP contribution < -0.4 is 4.74 Å². The second-order valence-corrected chi connectivity index (χ2v) is 8.26. The molecule has 2 saturated heterocycles. The summed E-state index contributed by atoms with van der Waals surface area (Å²) in [5.41, 5.74) is 1.84. The first-order valence-corrected chi connectivity index (χ1v) is 9.72. The van der Waals surface area contributed by atoms with Gasteiger partial charge in [0, 0.05) is 42.6 Å². The van der Waals surface area contributed by atoms with E-state index in [1.807, 2.05) is 12.1 Å². The highest BCUT2D eigenvalue weighted by atomic mass is 16.5. The quantitative estimate of drug-likeness (QED) is 0.841. The van der Waals surface area contributed by atoms with Gasteiger partial charge in [0.15, 0.2) is 5.72 Å². The van der Waals surface area contributed by atoms with Gasteiger partial charge < -0.3 is 14.7 Å². The first-order chi connectivity index (χ1) is 13.0. The predicted octanol–water partition coefficient (Wildman–Crippen LogP) is 3.05. The summed E-state index contributed by atoms with van der Waals surface area (Å²) in [6.45, 7) is 1.94. The van der Waals surface area contributed by atoms with Gasteiger partial charge in [-0.25, -0.2) is 4.90 Å². The molecule has 0 radical (unpaired) electrons. The normalized spacial score (nSPS) is 33.8. The molecule has 2 fully saturated rings. The van der Waals surface area contributed by atoms with E-state index in [4.69, 9.17) is 4.74 Å². The molecular weight excluding hydrogens is 338 g/mol. The average Bonchev–Trinajstić information content (AvgIpc) is 2.66. The monoisotopic (exact) mass is 365 g/mol. The number of phenols is 1. The van der Waals surface area contributed by atoms with E-state index in [2.05, 4.69) is 66.2 Å². The Kier molecular flexibility index (Phi) is 3.76. The van der Waals surface area contributed by atoms with Gasteiger partial charge >= 0.3 is 0 Å². The molecule has 3 aliphatic heterocycles. The lowest BCUT2D eigenvalue weighted by molar-refractivity contribution is -0.257. The minimum Gasteiger partial charge on any atom is -0.508 e. The molecule has 27 heavy (non-hydrogen) atoms. The zero-order valence-electron chi connectivity index (χ0n) is 16.2. The highest BCUT2D eigenvalue weighted by molar-refractivity contribution is 5.43. The zero-order chi connectivity index (χ0) is 18.8. The van der Waals surface area contributed by atoms with Crippen molar-refractivity contribution >= 4 is 0 Å². The zero-order valence-corrected chi connectivity index (χ0v) is 16.2.